The molecule has 3 nitrogen and oxygen atoms in total. The van der Waals surface area contributed by atoms with E-state index < -0.39 is 0 Å². The number of hydrogen-bond acceptors (Lipinski definition) is 3. The molecule has 1 aliphatic rings. The van der Waals surface area contributed by atoms with E-state index in [9.17, 15) is 4.79 Å². The van der Waals surface area contributed by atoms with Gasteiger partial charge in [-0.2, -0.15) is 11.8 Å². The van der Waals surface area contributed by atoms with Gasteiger partial charge in [0.2, 0.25) is 5.91 Å². The Hall–Kier alpha value is -0.220. The van der Waals surface area contributed by atoms with Crippen LogP contribution in [-0.2, 0) is 4.79 Å². The monoisotopic (exact) mass is 258 g/mol. The van der Waals surface area contributed by atoms with Crippen LogP contribution in [0.3, 0.4) is 0 Å². The van der Waals surface area contributed by atoms with E-state index in [0.717, 1.165) is 18.2 Å². The molecule has 17 heavy (non-hydrogen) atoms. The molecule has 100 valence electrons. The van der Waals surface area contributed by atoms with Gasteiger partial charge in [-0.15, -0.1) is 0 Å². The third-order valence-electron chi connectivity index (χ3n) is 3.52. The third-order valence-corrected chi connectivity index (χ3v) is 4.75. The van der Waals surface area contributed by atoms with Crippen LogP contribution in [0.2, 0.25) is 0 Å². The van der Waals surface area contributed by atoms with E-state index in [2.05, 4.69) is 12.2 Å². The maximum atomic E-state index is 12.0. The molecule has 0 aromatic rings. The quantitative estimate of drug-likeness (QED) is 0.710. The van der Waals surface area contributed by atoms with Crippen LogP contribution in [0.15, 0.2) is 0 Å². The summed E-state index contributed by atoms with van der Waals surface area (Å²) >= 11 is 2.05. The van der Waals surface area contributed by atoms with Crippen molar-refractivity contribution in [2.45, 2.75) is 50.3 Å². The molecule has 1 fully saturated rings. The summed E-state index contributed by atoms with van der Waals surface area (Å²) < 4.78 is 0. The van der Waals surface area contributed by atoms with Crippen molar-refractivity contribution in [2.24, 2.45) is 0 Å². The Morgan fingerprint density at radius 1 is 1.47 bits per heavy atom. The second-order valence-corrected chi connectivity index (χ2v) is 6.33. The number of amides is 1. The first-order valence-electron chi connectivity index (χ1n) is 6.70. The lowest BCUT2D eigenvalue weighted by atomic mass is 10.2. The fourth-order valence-electron chi connectivity index (χ4n) is 2.45. The molecule has 0 saturated heterocycles. The highest BCUT2D eigenvalue weighted by Gasteiger charge is 2.29. The normalized spacial score (nSPS) is 23.9. The van der Waals surface area contributed by atoms with Crippen LogP contribution in [0, 0.1) is 0 Å². The molecule has 1 amide bonds. The number of carbonyl (C=O) groups excluding carboxylic acids is 1. The Balaban J connectivity index is 2.27. The van der Waals surface area contributed by atoms with E-state index in [1.54, 1.807) is 0 Å². The van der Waals surface area contributed by atoms with Gasteiger partial charge in [-0.3, -0.25) is 4.79 Å². The van der Waals surface area contributed by atoms with E-state index in [4.69, 9.17) is 0 Å². The summed E-state index contributed by atoms with van der Waals surface area (Å²) in [7, 11) is 3.91. The van der Waals surface area contributed by atoms with Gasteiger partial charge in [-0.25, -0.2) is 0 Å². The summed E-state index contributed by atoms with van der Waals surface area (Å²) in [6.45, 7) is 3.14. The Morgan fingerprint density at radius 2 is 2.24 bits per heavy atom. The lowest BCUT2D eigenvalue weighted by Crippen LogP contribution is -2.35. The molecular weight excluding hydrogens is 232 g/mol. The zero-order valence-electron chi connectivity index (χ0n) is 11.4. The van der Waals surface area contributed by atoms with Gasteiger partial charge in [0.05, 0.1) is 0 Å². The van der Waals surface area contributed by atoms with Crippen molar-refractivity contribution in [2.75, 3.05) is 26.4 Å². The lowest BCUT2D eigenvalue weighted by molar-refractivity contribution is -0.131. The molecule has 1 N–H and O–H groups in total. The largest absolute Gasteiger partial charge is 0.343 e. The molecule has 0 aromatic heterocycles. The highest BCUT2D eigenvalue weighted by Crippen LogP contribution is 2.32. The maximum Gasteiger partial charge on any atom is 0.222 e. The minimum atomic E-state index is 0.312. The fraction of sp³-hybridized carbons (Fsp3) is 0.923. The number of nitrogens with one attached hydrogen (secondary N) is 1. The number of hydrogen-bond donors (Lipinski definition) is 1. The summed E-state index contributed by atoms with van der Waals surface area (Å²) in [5.74, 6) is 1.50. The SMILES string of the molecule is CCSC1CCC(N(C)C(=O)CCCNC)C1. The summed E-state index contributed by atoms with van der Waals surface area (Å²) in [5, 5.41) is 3.86. The molecule has 2 atom stereocenters. The minimum absolute atomic E-state index is 0.312. The Bertz CT molecular complexity index is 235. The number of thioether (sulfide) groups is 1. The first kappa shape index (κ1) is 14.8. The number of rotatable bonds is 7. The van der Waals surface area contributed by atoms with Crippen LogP contribution in [0.1, 0.15) is 39.0 Å². The molecule has 2 unspecified atom stereocenters. The van der Waals surface area contributed by atoms with E-state index in [-0.39, 0.29) is 0 Å². The lowest BCUT2D eigenvalue weighted by Gasteiger charge is -2.24. The van der Waals surface area contributed by atoms with Crippen LogP contribution < -0.4 is 5.32 Å². The van der Waals surface area contributed by atoms with Gasteiger partial charge in [0.25, 0.3) is 0 Å². The van der Waals surface area contributed by atoms with Gasteiger partial charge < -0.3 is 10.2 Å². The molecule has 1 rings (SSSR count). The zero-order chi connectivity index (χ0) is 12.7. The van der Waals surface area contributed by atoms with Gasteiger partial charge in [-0.1, -0.05) is 6.92 Å². The molecule has 1 aliphatic carbocycles. The van der Waals surface area contributed by atoms with Gasteiger partial charge in [0, 0.05) is 24.8 Å². The van der Waals surface area contributed by atoms with Crippen LogP contribution >= 0.6 is 11.8 Å². The van der Waals surface area contributed by atoms with Crippen LogP contribution in [0.5, 0.6) is 0 Å². The minimum Gasteiger partial charge on any atom is -0.343 e. The predicted octanol–water partition coefficient (Wildman–Crippen LogP) is 2.12. The second-order valence-electron chi connectivity index (χ2n) is 4.76. The van der Waals surface area contributed by atoms with Crippen LogP contribution in [-0.4, -0.2) is 48.5 Å². The van der Waals surface area contributed by atoms with Crippen molar-refractivity contribution in [3.63, 3.8) is 0 Å². The topological polar surface area (TPSA) is 32.3 Å². The van der Waals surface area contributed by atoms with E-state index in [1.807, 2.05) is 30.8 Å². The van der Waals surface area contributed by atoms with Crippen molar-refractivity contribution in [1.82, 2.24) is 10.2 Å². The van der Waals surface area contributed by atoms with Crippen molar-refractivity contribution < 1.29 is 4.79 Å². The molecule has 4 heteroatoms. The molecule has 0 aromatic carbocycles. The number of carbonyl (C=O) groups is 1. The zero-order valence-corrected chi connectivity index (χ0v) is 12.2. The first-order valence-corrected chi connectivity index (χ1v) is 7.75. The Kier molecular flexibility index (Phi) is 6.97. The predicted molar refractivity (Wildman–Crippen MR) is 75.5 cm³/mol. The van der Waals surface area contributed by atoms with Crippen molar-refractivity contribution >= 4 is 17.7 Å². The van der Waals surface area contributed by atoms with E-state index in [0.29, 0.717) is 18.4 Å². The van der Waals surface area contributed by atoms with Gasteiger partial charge in [0.1, 0.15) is 0 Å². The average molecular weight is 258 g/mol. The smallest absolute Gasteiger partial charge is 0.222 e. The summed E-state index contributed by atoms with van der Waals surface area (Å²) in [6.07, 6.45) is 5.27. The first-order chi connectivity index (χ1) is 8.19. The molecule has 0 bridgehead atoms. The average Bonchev–Trinajstić information content (AvgIpc) is 2.77. The highest BCUT2D eigenvalue weighted by molar-refractivity contribution is 7.99. The molecule has 0 radical (unpaired) electrons. The standard InChI is InChI=1S/C13H26N2OS/c1-4-17-12-8-7-11(10-12)15(3)13(16)6-5-9-14-2/h11-12,14H,4-10H2,1-3H3. The molecule has 0 heterocycles. The van der Waals surface area contributed by atoms with E-state index >= 15 is 0 Å². The molecule has 1 saturated carbocycles. The molecular formula is C13H26N2OS. The van der Waals surface area contributed by atoms with Gasteiger partial charge >= 0.3 is 0 Å². The van der Waals surface area contributed by atoms with E-state index in [1.165, 1.54) is 25.0 Å². The van der Waals surface area contributed by atoms with Crippen molar-refractivity contribution in [1.29, 1.82) is 0 Å². The summed E-state index contributed by atoms with van der Waals surface area (Å²) in [6, 6.07) is 0.487. The Labute approximate surface area is 110 Å². The Morgan fingerprint density at radius 3 is 2.88 bits per heavy atom. The second kappa shape index (κ2) is 7.98. The maximum absolute atomic E-state index is 12.0. The third kappa shape index (κ3) is 4.88. The van der Waals surface area contributed by atoms with Crippen molar-refractivity contribution in [3.8, 4) is 0 Å². The fourth-order valence-corrected chi connectivity index (χ4v) is 3.59. The van der Waals surface area contributed by atoms with Crippen molar-refractivity contribution in [3.05, 3.63) is 0 Å². The van der Waals surface area contributed by atoms with Gasteiger partial charge in [-0.05, 0) is 45.0 Å². The molecule has 0 aliphatic heterocycles. The molecule has 0 spiro atoms. The van der Waals surface area contributed by atoms with Gasteiger partial charge in [0.15, 0.2) is 0 Å². The summed E-state index contributed by atoms with van der Waals surface area (Å²) in [5.41, 5.74) is 0. The van der Waals surface area contributed by atoms with Crippen LogP contribution in [0.4, 0.5) is 0 Å². The highest BCUT2D eigenvalue weighted by atomic mass is 32.2. The summed E-state index contributed by atoms with van der Waals surface area (Å²) in [4.78, 5) is 14.0. The number of nitrogens with zero attached hydrogens (tertiary/aromatic N) is 1. The van der Waals surface area contributed by atoms with Crippen LogP contribution in [0.25, 0.3) is 0 Å².